The van der Waals surface area contributed by atoms with Crippen molar-refractivity contribution in [1.82, 2.24) is 15.4 Å². The number of carbonyl (C=O) groups excluding carboxylic acids is 1. The van der Waals surface area contributed by atoms with Gasteiger partial charge in [0.15, 0.2) is 0 Å². The lowest BCUT2D eigenvalue weighted by molar-refractivity contribution is -0.138. The molecule has 2 rings (SSSR count). The van der Waals surface area contributed by atoms with Crippen molar-refractivity contribution in [2.24, 2.45) is 0 Å². The van der Waals surface area contributed by atoms with Crippen LogP contribution in [-0.2, 0) is 11.2 Å². The van der Waals surface area contributed by atoms with Gasteiger partial charge in [-0.15, -0.1) is 0 Å². The van der Waals surface area contributed by atoms with E-state index >= 15 is 0 Å². The molecule has 1 unspecified atom stereocenters. The van der Waals surface area contributed by atoms with Crippen molar-refractivity contribution in [3.63, 3.8) is 0 Å². The van der Waals surface area contributed by atoms with Gasteiger partial charge >= 0.3 is 6.03 Å². The molecule has 0 bridgehead atoms. The number of aliphatic hydroxyl groups is 1. The lowest BCUT2D eigenvalue weighted by atomic mass is 10.1. The highest BCUT2D eigenvalue weighted by Crippen LogP contribution is 2.20. The number of hydrogen-bond donors (Lipinski definition) is 2. The van der Waals surface area contributed by atoms with Crippen LogP contribution in [0, 0.1) is 13.8 Å². The normalized spacial score (nSPS) is 20.6. The van der Waals surface area contributed by atoms with Gasteiger partial charge in [-0.2, -0.15) is 0 Å². The molecule has 2 amide bonds. The zero-order chi connectivity index (χ0) is 17.0. The molecule has 1 aromatic rings. The molecule has 0 aromatic carbocycles. The third kappa shape index (κ3) is 4.68. The number of morpholine rings is 1. The summed E-state index contributed by atoms with van der Waals surface area (Å²) < 4.78 is 10.8. The van der Waals surface area contributed by atoms with Gasteiger partial charge in [0.05, 0.1) is 37.1 Å². The molecule has 7 nitrogen and oxygen atoms in total. The zero-order valence-corrected chi connectivity index (χ0v) is 14.4. The van der Waals surface area contributed by atoms with Crippen molar-refractivity contribution < 1.29 is 19.2 Å². The first kappa shape index (κ1) is 17.7. The van der Waals surface area contributed by atoms with Crippen molar-refractivity contribution in [2.45, 2.75) is 52.2 Å². The van der Waals surface area contributed by atoms with Crippen LogP contribution in [0.3, 0.4) is 0 Å². The monoisotopic (exact) mass is 325 g/mol. The number of aryl methyl sites for hydroxylation is 2. The van der Waals surface area contributed by atoms with Gasteiger partial charge in [0.25, 0.3) is 0 Å². The standard InChI is InChI=1S/C16H27N3O4/c1-11-14(12(2)23-18-11)6-5-7-17-15(21)19-8-13(9-20)22-16(3,4)10-19/h13,20H,5-10H2,1-4H3,(H,17,21). The molecule has 0 saturated carbocycles. The van der Waals surface area contributed by atoms with E-state index in [4.69, 9.17) is 9.26 Å². The second-order valence-electron chi connectivity index (χ2n) is 6.70. The Balaban J connectivity index is 1.78. The number of hydrogen-bond acceptors (Lipinski definition) is 5. The fourth-order valence-electron chi connectivity index (χ4n) is 2.98. The van der Waals surface area contributed by atoms with Crippen molar-refractivity contribution in [1.29, 1.82) is 0 Å². The van der Waals surface area contributed by atoms with Gasteiger partial charge in [-0.25, -0.2) is 4.79 Å². The molecule has 1 aliphatic heterocycles. The molecule has 1 aliphatic rings. The third-order valence-electron chi connectivity index (χ3n) is 4.03. The van der Waals surface area contributed by atoms with Crippen LogP contribution < -0.4 is 5.32 Å². The summed E-state index contributed by atoms with van der Waals surface area (Å²) in [5.74, 6) is 0.842. The molecule has 7 heteroatoms. The quantitative estimate of drug-likeness (QED) is 0.799. The lowest BCUT2D eigenvalue weighted by Gasteiger charge is -2.42. The van der Waals surface area contributed by atoms with E-state index in [1.807, 2.05) is 27.7 Å². The topological polar surface area (TPSA) is 87.8 Å². The van der Waals surface area contributed by atoms with E-state index < -0.39 is 5.60 Å². The zero-order valence-electron chi connectivity index (χ0n) is 14.4. The van der Waals surface area contributed by atoms with E-state index in [1.54, 1.807) is 4.90 Å². The third-order valence-corrected chi connectivity index (χ3v) is 4.03. The van der Waals surface area contributed by atoms with Gasteiger partial charge in [-0.05, 0) is 40.5 Å². The van der Waals surface area contributed by atoms with E-state index in [2.05, 4.69) is 10.5 Å². The smallest absolute Gasteiger partial charge is 0.317 e. The van der Waals surface area contributed by atoms with Gasteiger partial charge in [-0.3, -0.25) is 0 Å². The van der Waals surface area contributed by atoms with Crippen LogP contribution in [0.2, 0.25) is 0 Å². The Morgan fingerprint density at radius 1 is 1.48 bits per heavy atom. The van der Waals surface area contributed by atoms with Crippen LogP contribution in [0.25, 0.3) is 0 Å². The molecule has 23 heavy (non-hydrogen) atoms. The molecule has 1 aromatic heterocycles. The predicted octanol–water partition coefficient (Wildman–Crippen LogP) is 1.41. The summed E-state index contributed by atoms with van der Waals surface area (Å²) in [4.78, 5) is 14.0. The van der Waals surface area contributed by atoms with Crippen molar-refractivity contribution in [3.05, 3.63) is 17.0 Å². The number of nitrogens with zero attached hydrogens (tertiary/aromatic N) is 2. The first-order valence-electron chi connectivity index (χ1n) is 8.05. The molecular formula is C16H27N3O4. The summed E-state index contributed by atoms with van der Waals surface area (Å²) >= 11 is 0. The number of amides is 2. The van der Waals surface area contributed by atoms with E-state index in [9.17, 15) is 9.90 Å². The number of urea groups is 1. The number of aromatic nitrogens is 1. The average molecular weight is 325 g/mol. The maximum absolute atomic E-state index is 12.3. The van der Waals surface area contributed by atoms with Crippen LogP contribution in [0.15, 0.2) is 4.52 Å². The molecule has 1 atom stereocenters. The maximum atomic E-state index is 12.3. The Morgan fingerprint density at radius 2 is 2.22 bits per heavy atom. The highest BCUT2D eigenvalue weighted by Gasteiger charge is 2.35. The second kappa shape index (κ2) is 7.31. The minimum absolute atomic E-state index is 0.0841. The number of nitrogens with one attached hydrogen (secondary N) is 1. The Labute approximate surface area is 137 Å². The molecular weight excluding hydrogens is 298 g/mol. The van der Waals surface area contributed by atoms with Crippen LogP contribution in [0.4, 0.5) is 4.79 Å². The number of rotatable bonds is 5. The van der Waals surface area contributed by atoms with E-state index in [-0.39, 0.29) is 18.7 Å². The molecule has 2 heterocycles. The van der Waals surface area contributed by atoms with Crippen molar-refractivity contribution in [3.8, 4) is 0 Å². The molecule has 1 saturated heterocycles. The summed E-state index contributed by atoms with van der Waals surface area (Å²) in [7, 11) is 0. The summed E-state index contributed by atoms with van der Waals surface area (Å²) in [5.41, 5.74) is 1.58. The van der Waals surface area contributed by atoms with Crippen LogP contribution in [0.1, 0.15) is 37.3 Å². The van der Waals surface area contributed by atoms with Gasteiger partial charge in [0.1, 0.15) is 5.76 Å². The van der Waals surface area contributed by atoms with Crippen LogP contribution >= 0.6 is 0 Å². The van der Waals surface area contributed by atoms with Gasteiger partial charge in [0.2, 0.25) is 0 Å². The Morgan fingerprint density at radius 3 is 2.83 bits per heavy atom. The second-order valence-corrected chi connectivity index (χ2v) is 6.70. The van der Waals surface area contributed by atoms with E-state index in [0.29, 0.717) is 19.6 Å². The average Bonchev–Trinajstić information content (AvgIpc) is 2.81. The van der Waals surface area contributed by atoms with Gasteiger partial charge < -0.3 is 24.6 Å². The number of carbonyl (C=O) groups is 1. The van der Waals surface area contributed by atoms with E-state index in [1.165, 1.54) is 0 Å². The fourth-order valence-corrected chi connectivity index (χ4v) is 2.98. The summed E-state index contributed by atoms with van der Waals surface area (Å²) in [6.07, 6.45) is 1.33. The minimum atomic E-state index is -0.445. The molecule has 2 N–H and O–H groups in total. The summed E-state index contributed by atoms with van der Waals surface area (Å²) in [6, 6.07) is -0.112. The largest absolute Gasteiger partial charge is 0.394 e. The Bertz CT molecular complexity index is 522. The van der Waals surface area contributed by atoms with Gasteiger partial charge in [0, 0.05) is 12.1 Å². The predicted molar refractivity (Wildman–Crippen MR) is 85.3 cm³/mol. The number of ether oxygens (including phenoxy) is 1. The minimum Gasteiger partial charge on any atom is -0.394 e. The Hall–Kier alpha value is -1.60. The van der Waals surface area contributed by atoms with Crippen LogP contribution in [-0.4, -0.2) is 59.1 Å². The first-order chi connectivity index (χ1) is 10.8. The maximum Gasteiger partial charge on any atom is 0.317 e. The van der Waals surface area contributed by atoms with Crippen molar-refractivity contribution in [2.75, 3.05) is 26.2 Å². The molecule has 0 spiro atoms. The Kier molecular flexibility index (Phi) is 5.64. The first-order valence-corrected chi connectivity index (χ1v) is 8.05. The van der Waals surface area contributed by atoms with Gasteiger partial charge in [-0.1, -0.05) is 5.16 Å². The molecule has 1 fully saturated rings. The fraction of sp³-hybridized carbons (Fsp3) is 0.750. The molecule has 0 aliphatic carbocycles. The highest BCUT2D eigenvalue weighted by atomic mass is 16.5. The lowest BCUT2D eigenvalue weighted by Crippen LogP contribution is -2.57. The summed E-state index contributed by atoms with van der Waals surface area (Å²) in [6.45, 7) is 9.10. The molecule has 130 valence electrons. The SMILES string of the molecule is Cc1noc(C)c1CCCNC(=O)N1CC(CO)OC(C)(C)C1. The number of aliphatic hydroxyl groups excluding tert-OH is 1. The molecule has 0 radical (unpaired) electrons. The highest BCUT2D eigenvalue weighted by molar-refractivity contribution is 5.74. The van der Waals surface area contributed by atoms with Crippen molar-refractivity contribution >= 4 is 6.03 Å². The van der Waals surface area contributed by atoms with E-state index in [0.717, 1.165) is 29.9 Å². The van der Waals surface area contributed by atoms with Crippen LogP contribution in [0.5, 0.6) is 0 Å². The summed E-state index contributed by atoms with van der Waals surface area (Å²) in [5, 5.41) is 16.2.